The molecule has 18 heavy (non-hydrogen) atoms. The number of furan rings is 1. The van der Waals surface area contributed by atoms with Crippen LogP contribution in [0.15, 0.2) is 40.8 Å². The van der Waals surface area contributed by atoms with E-state index in [0.717, 1.165) is 11.2 Å². The van der Waals surface area contributed by atoms with Gasteiger partial charge in [-0.2, -0.15) is 0 Å². The summed E-state index contributed by atoms with van der Waals surface area (Å²) in [7, 11) is -1.37. The third kappa shape index (κ3) is 1.60. The van der Waals surface area contributed by atoms with Gasteiger partial charge in [-0.15, -0.1) is 0 Å². The first-order valence-electron chi connectivity index (χ1n) is 6.40. The Morgan fingerprint density at radius 1 is 0.833 bits per heavy atom. The molecule has 0 atom stereocenters. The molecule has 0 bridgehead atoms. The average Bonchev–Trinajstić information content (AvgIpc) is 2.68. The number of aryl methyl sites for hydroxylation is 1. The van der Waals surface area contributed by atoms with Gasteiger partial charge in [0, 0.05) is 10.8 Å². The normalized spacial score (nSPS) is 12.4. The lowest BCUT2D eigenvalue weighted by Crippen LogP contribution is -2.37. The minimum Gasteiger partial charge on any atom is -0.456 e. The van der Waals surface area contributed by atoms with Crippen molar-refractivity contribution in [2.24, 2.45) is 0 Å². The van der Waals surface area contributed by atoms with Crippen molar-refractivity contribution in [3.8, 4) is 0 Å². The fourth-order valence-corrected chi connectivity index (χ4v) is 4.01. The molecule has 0 amide bonds. The lowest BCUT2D eigenvalue weighted by atomic mass is 10.1. The van der Waals surface area contributed by atoms with Gasteiger partial charge < -0.3 is 4.42 Å². The van der Waals surface area contributed by atoms with Crippen LogP contribution < -0.4 is 5.19 Å². The maximum Gasteiger partial charge on any atom is 0.138 e. The van der Waals surface area contributed by atoms with Crippen LogP contribution in [0.25, 0.3) is 21.9 Å². The van der Waals surface area contributed by atoms with Crippen LogP contribution >= 0.6 is 0 Å². The van der Waals surface area contributed by atoms with Crippen LogP contribution in [0.5, 0.6) is 0 Å². The van der Waals surface area contributed by atoms with Gasteiger partial charge in [-0.25, -0.2) is 0 Å². The van der Waals surface area contributed by atoms with Gasteiger partial charge in [-0.1, -0.05) is 56.0 Å². The predicted molar refractivity (Wildman–Crippen MR) is 81.4 cm³/mol. The predicted octanol–water partition coefficient (Wildman–Crippen LogP) is 4.44. The van der Waals surface area contributed by atoms with Gasteiger partial charge in [0.1, 0.15) is 11.2 Å². The summed E-state index contributed by atoms with van der Waals surface area (Å²) in [5.41, 5.74) is 3.35. The number of hydrogen-bond donors (Lipinski definition) is 0. The van der Waals surface area contributed by atoms with Crippen molar-refractivity contribution in [1.82, 2.24) is 0 Å². The second-order valence-corrected chi connectivity index (χ2v) is 11.0. The third-order valence-corrected chi connectivity index (χ3v) is 5.54. The van der Waals surface area contributed by atoms with Gasteiger partial charge in [0.2, 0.25) is 0 Å². The Bertz CT molecular complexity index is 732. The van der Waals surface area contributed by atoms with Gasteiger partial charge in [0.05, 0.1) is 8.07 Å². The smallest absolute Gasteiger partial charge is 0.138 e. The van der Waals surface area contributed by atoms with E-state index < -0.39 is 8.07 Å². The van der Waals surface area contributed by atoms with Crippen LogP contribution in [0.3, 0.4) is 0 Å². The summed E-state index contributed by atoms with van der Waals surface area (Å²) >= 11 is 0. The van der Waals surface area contributed by atoms with Crippen LogP contribution in [0.1, 0.15) is 5.56 Å². The summed E-state index contributed by atoms with van der Waals surface area (Å²) in [5, 5.41) is 3.91. The molecular formula is C16H18OSi. The number of para-hydroxylation sites is 2. The zero-order valence-electron chi connectivity index (χ0n) is 11.4. The van der Waals surface area contributed by atoms with Crippen molar-refractivity contribution in [2.45, 2.75) is 26.6 Å². The molecule has 92 valence electrons. The topological polar surface area (TPSA) is 13.1 Å². The monoisotopic (exact) mass is 254 g/mol. The van der Waals surface area contributed by atoms with E-state index in [1.165, 1.54) is 21.5 Å². The van der Waals surface area contributed by atoms with Crippen LogP contribution in [-0.2, 0) is 0 Å². The molecule has 0 saturated heterocycles. The van der Waals surface area contributed by atoms with E-state index in [1.807, 2.05) is 0 Å². The molecule has 0 spiro atoms. The van der Waals surface area contributed by atoms with Crippen molar-refractivity contribution in [3.63, 3.8) is 0 Å². The van der Waals surface area contributed by atoms with Crippen LogP contribution in [-0.4, -0.2) is 8.07 Å². The Morgan fingerprint density at radius 3 is 2.11 bits per heavy atom. The van der Waals surface area contributed by atoms with Crippen molar-refractivity contribution in [1.29, 1.82) is 0 Å². The maximum absolute atomic E-state index is 6.18. The van der Waals surface area contributed by atoms with Gasteiger partial charge in [-0.05, 0) is 17.7 Å². The van der Waals surface area contributed by atoms with Gasteiger partial charge in [-0.3, -0.25) is 0 Å². The lowest BCUT2D eigenvalue weighted by molar-refractivity contribution is 0.668. The molecule has 2 aromatic carbocycles. The number of fused-ring (bicyclic) bond motifs is 3. The van der Waals surface area contributed by atoms with Crippen LogP contribution in [0, 0.1) is 6.92 Å². The highest BCUT2D eigenvalue weighted by Gasteiger charge is 2.22. The lowest BCUT2D eigenvalue weighted by Gasteiger charge is -2.16. The number of hydrogen-bond acceptors (Lipinski definition) is 1. The van der Waals surface area contributed by atoms with E-state index >= 15 is 0 Å². The minimum absolute atomic E-state index is 1.04. The van der Waals surface area contributed by atoms with Crippen molar-refractivity contribution >= 4 is 35.2 Å². The van der Waals surface area contributed by atoms with Crippen molar-refractivity contribution in [3.05, 3.63) is 42.0 Å². The minimum atomic E-state index is -1.37. The summed E-state index contributed by atoms with van der Waals surface area (Å²) in [6, 6.07) is 12.9. The molecule has 0 saturated carbocycles. The van der Waals surface area contributed by atoms with Crippen molar-refractivity contribution < 1.29 is 4.42 Å². The largest absolute Gasteiger partial charge is 0.456 e. The van der Waals surface area contributed by atoms with E-state index in [2.05, 4.69) is 63.0 Å². The molecule has 3 aromatic rings. The molecule has 0 radical (unpaired) electrons. The van der Waals surface area contributed by atoms with E-state index in [1.54, 1.807) is 0 Å². The molecule has 0 aliphatic carbocycles. The SMILES string of the molecule is Cc1cccc2c1oc1c([Si](C)(C)C)cccc12. The molecule has 1 aromatic heterocycles. The first-order valence-corrected chi connectivity index (χ1v) is 9.90. The Balaban J connectivity index is 2.50. The fraction of sp³-hybridized carbons (Fsp3) is 0.250. The van der Waals surface area contributed by atoms with Gasteiger partial charge >= 0.3 is 0 Å². The Kier molecular flexibility index (Phi) is 2.39. The van der Waals surface area contributed by atoms with E-state index in [4.69, 9.17) is 4.42 Å². The fourth-order valence-electron chi connectivity index (χ4n) is 2.55. The standard InChI is InChI=1S/C16H18OSi/c1-11-7-5-8-12-13-9-6-10-14(18(2,3)4)16(13)17-15(11)12/h5-10H,1-4H3. The Morgan fingerprint density at radius 2 is 1.44 bits per heavy atom. The highest BCUT2D eigenvalue weighted by Crippen LogP contribution is 2.30. The molecule has 0 fully saturated rings. The first kappa shape index (κ1) is 11.5. The van der Waals surface area contributed by atoms with E-state index in [-0.39, 0.29) is 0 Å². The molecule has 3 rings (SSSR count). The van der Waals surface area contributed by atoms with Crippen LogP contribution in [0.4, 0.5) is 0 Å². The van der Waals surface area contributed by atoms with Gasteiger partial charge in [0.25, 0.3) is 0 Å². The summed E-state index contributed by atoms with van der Waals surface area (Å²) in [6.45, 7) is 9.20. The average molecular weight is 254 g/mol. The number of benzene rings is 2. The molecule has 0 aliphatic heterocycles. The summed E-state index contributed by atoms with van der Waals surface area (Å²) in [5.74, 6) is 0. The second kappa shape index (κ2) is 3.72. The van der Waals surface area contributed by atoms with Crippen molar-refractivity contribution in [2.75, 3.05) is 0 Å². The quantitative estimate of drug-likeness (QED) is 0.585. The highest BCUT2D eigenvalue weighted by atomic mass is 28.3. The highest BCUT2D eigenvalue weighted by molar-refractivity contribution is 6.90. The summed E-state index contributed by atoms with van der Waals surface area (Å²) in [6.07, 6.45) is 0. The van der Waals surface area contributed by atoms with Crippen LogP contribution in [0.2, 0.25) is 19.6 Å². The van der Waals surface area contributed by atoms with E-state index in [0.29, 0.717) is 0 Å². The molecule has 2 heteroatoms. The zero-order valence-corrected chi connectivity index (χ0v) is 12.4. The number of rotatable bonds is 1. The molecule has 0 aliphatic rings. The Hall–Kier alpha value is -1.54. The first-order chi connectivity index (χ1) is 8.48. The maximum atomic E-state index is 6.18. The van der Waals surface area contributed by atoms with Gasteiger partial charge in [0.15, 0.2) is 0 Å². The molecular weight excluding hydrogens is 236 g/mol. The second-order valence-electron chi connectivity index (χ2n) is 5.99. The Labute approximate surface area is 108 Å². The zero-order chi connectivity index (χ0) is 12.9. The molecule has 0 unspecified atom stereocenters. The third-order valence-electron chi connectivity index (χ3n) is 3.53. The molecule has 1 heterocycles. The van der Waals surface area contributed by atoms with E-state index in [9.17, 15) is 0 Å². The molecule has 1 nitrogen and oxygen atoms in total. The summed E-state index contributed by atoms with van der Waals surface area (Å²) in [4.78, 5) is 0. The molecule has 0 N–H and O–H groups in total. The summed E-state index contributed by atoms with van der Waals surface area (Å²) < 4.78 is 6.18.